The molecule has 0 heterocycles. The van der Waals surface area contributed by atoms with Crippen LogP contribution in [0.15, 0.2) is 119 Å². The van der Waals surface area contributed by atoms with Gasteiger partial charge >= 0.3 is 0 Å². The van der Waals surface area contributed by atoms with E-state index in [9.17, 15) is 0 Å². The Morgan fingerprint density at radius 1 is 0.929 bits per heavy atom. The first kappa shape index (κ1) is 29.8. The van der Waals surface area contributed by atoms with Crippen LogP contribution in [0.3, 0.4) is 0 Å². The maximum atomic E-state index is 4.81. The van der Waals surface area contributed by atoms with Gasteiger partial charge in [-0.3, -0.25) is 0 Å². The Kier molecular flexibility index (Phi) is 8.74. The molecule has 0 amide bonds. The quantitative estimate of drug-likeness (QED) is 0.290. The number of hydrogen-bond donors (Lipinski definition) is 0. The van der Waals surface area contributed by atoms with Gasteiger partial charge in [0.2, 0.25) is 0 Å². The standard InChI is InChI=1S/C42H48/c1-10-13-28(7)40-29(8)20-37-24-36(30(9)41(37)42(40)39-23-31(11-2)15-18-33(39)12-3)22-32-16-19-35(21-32)38-25-34(26(4)5)17-14-27(38)6/h14-20,22-23,25,41-42H,4,7,9-13,21,24H2,1-3,5-6,8H3/b36-22+. The van der Waals surface area contributed by atoms with Crippen LogP contribution in [-0.2, 0) is 12.8 Å². The predicted octanol–water partition coefficient (Wildman–Crippen LogP) is 11.8. The highest BCUT2D eigenvalue weighted by Gasteiger charge is 2.41. The predicted molar refractivity (Wildman–Crippen MR) is 185 cm³/mol. The molecule has 0 spiro atoms. The van der Waals surface area contributed by atoms with Gasteiger partial charge in [-0.15, -0.1) is 0 Å². The van der Waals surface area contributed by atoms with Crippen molar-refractivity contribution in [3.63, 3.8) is 0 Å². The molecule has 2 unspecified atom stereocenters. The Labute approximate surface area is 255 Å². The smallest absolute Gasteiger partial charge is 0.0203 e. The summed E-state index contributed by atoms with van der Waals surface area (Å²) in [7, 11) is 0. The fourth-order valence-electron chi connectivity index (χ4n) is 7.37. The molecule has 0 bridgehead atoms. The minimum Gasteiger partial charge on any atom is -0.0955 e. The van der Waals surface area contributed by atoms with E-state index < -0.39 is 0 Å². The zero-order valence-corrected chi connectivity index (χ0v) is 26.8. The third-order valence-corrected chi connectivity index (χ3v) is 9.65. The Morgan fingerprint density at radius 2 is 1.71 bits per heavy atom. The molecule has 1 fully saturated rings. The fourth-order valence-corrected chi connectivity index (χ4v) is 7.37. The minimum absolute atomic E-state index is 0.280. The highest BCUT2D eigenvalue weighted by atomic mass is 14.4. The zero-order valence-electron chi connectivity index (χ0n) is 26.8. The first-order chi connectivity index (χ1) is 20.2. The van der Waals surface area contributed by atoms with Crippen molar-refractivity contribution < 1.29 is 0 Å². The number of rotatable bonds is 9. The molecule has 0 radical (unpaired) electrons. The van der Waals surface area contributed by atoms with Crippen molar-refractivity contribution in [3.05, 3.63) is 153 Å². The summed E-state index contributed by atoms with van der Waals surface area (Å²) in [5, 5.41) is 0. The van der Waals surface area contributed by atoms with Crippen LogP contribution in [-0.4, -0.2) is 0 Å². The summed E-state index contributed by atoms with van der Waals surface area (Å²) in [6.45, 7) is 27.0. The number of benzene rings is 2. The fraction of sp³-hybridized carbons (Fsp3) is 0.333. The van der Waals surface area contributed by atoms with Crippen LogP contribution < -0.4 is 0 Å². The summed E-state index contributed by atoms with van der Waals surface area (Å²) in [6, 6.07) is 13.9. The van der Waals surface area contributed by atoms with Crippen molar-refractivity contribution in [1.82, 2.24) is 0 Å². The molecular weight excluding hydrogens is 504 g/mol. The lowest BCUT2D eigenvalue weighted by Crippen LogP contribution is -2.22. The monoisotopic (exact) mass is 552 g/mol. The van der Waals surface area contributed by atoms with Gasteiger partial charge in [0.25, 0.3) is 0 Å². The number of fused-ring (bicyclic) bond motifs is 1. The lowest BCUT2D eigenvalue weighted by molar-refractivity contribution is 0.613. The minimum atomic E-state index is 0.280. The molecule has 42 heavy (non-hydrogen) atoms. The summed E-state index contributed by atoms with van der Waals surface area (Å²) in [4.78, 5) is 0. The number of aryl methyl sites for hydroxylation is 3. The van der Waals surface area contributed by atoms with Gasteiger partial charge in [-0.1, -0.05) is 118 Å². The van der Waals surface area contributed by atoms with E-state index in [0.29, 0.717) is 5.92 Å². The topological polar surface area (TPSA) is 0 Å². The van der Waals surface area contributed by atoms with E-state index in [-0.39, 0.29) is 5.92 Å². The van der Waals surface area contributed by atoms with Crippen LogP contribution in [0.1, 0.15) is 99.6 Å². The van der Waals surface area contributed by atoms with Crippen LogP contribution >= 0.6 is 0 Å². The van der Waals surface area contributed by atoms with Gasteiger partial charge in [0.05, 0.1) is 0 Å². The second-order valence-electron chi connectivity index (χ2n) is 12.7. The molecule has 216 valence electrons. The van der Waals surface area contributed by atoms with Gasteiger partial charge in [-0.05, 0) is 126 Å². The lowest BCUT2D eigenvalue weighted by atomic mass is 9.68. The highest BCUT2D eigenvalue weighted by Crippen LogP contribution is 2.55. The van der Waals surface area contributed by atoms with E-state index in [1.165, 1.54) is 78.0 Å². The third kappa shape index (κ3) is 5.57. The second kappa shape index (κ2) is 12.3. The molecular formula is C42H48. The molecule has 2 aromatic carbocycles. The Morgan fingerprint density at radius 3 is 2.40 bits per heavy atom. The Balaban J connectivity index is 1.50. The Hall–Kier alpha value is -3.64. The summed E-state index contributed by atoms with van der Waals surface area (Å²) < 4.78 is 0. The molecule has 0 saturated heterocycles. The van der Waals surface area contributed by atoms with Gasteiger partial charge in [0, 0.05) is 11.8 Å². The normalized spacial score (nSPS) is 21.0. The van der Waals surface area contributed by atoms with Crippen molar-refractivity contribution in [2.75, 3.05) is 0 Å². The maximum absolute atomic E-state index is 4.81. The molecule has 3 aliphatic carbocycles. The first-order valence-corrected chi connectivity index (χ1v) is 15.9. The molecule has 0 aliphatic heterocycles. The van der Waals surface area contributed by atoms with E-state index >= 15 is 0 Å². The third-order valence-electron chi connectivity index (χ3n) is 9.65. The molecule has 2 aromatic rings. The second-order valence-corrected chi connectivity index (χ2v) is 12.7. The summed E-state index contributed by atoms with van der Waals surface area (Å²) >= 11 is 0. The first-order valence-electron chi connectivity index (χ1n) is 15.9. The molecule has 2 atom stereocenters. The van der Waals surface area contributed by atoms with E-state index in [4.69, 9.17) is 6.58 Å². The Bertz CT molecular complexity index is 1620. The van der Waals surface area contributed by atoms with E-state index in [1.54, 1.807) is 0 Å². The average Bonchev–Trinajstić information content (AvgIpc) is 3.56. The number of hydrogen-bond acceptors (Lipinski definition) is 0. The molecule has 3 aliphatic rings. The van der Waals surface area contributed by atoms with E-state index in [1.807, 2.05) is 0 Å². The van der Waals surface area contributed by atoms with Crippen molar-refractivity contribution >= 4 is 11.1 Å². The van der Waals surface area contributed by atoms with Crippen molar-refractivity contribution in [3.8, 4) is 0 Å². The van der Waals surface area contributed by atoms with Crippen LogP contribution in [0, 0.1) is 12.8 Å². The summed E-state index contributed by atoms with van der Waals surface area (Å²) in [5.74, 6) is 0.576. The van der Waals surface area contributed by atoms with Crippen molar-refractivity contribution in [1.29, 1.82) is 0 Å². The van der Waals surface area contributed by atoms with E-state index in [2.05, 4.69) is 115 Å². The van der Waals surface area contributed by atoms with Crippen LogP contribution in [0.25, 0.3) is 11.1 Å². The average molecular weight is 553 g/mol. The molecule has 5 rings (SSSR count). The van der Waals surface area contributed by atoms with Gasteiger partial charge in [0.15, 0.2) is 0 Å². The van der Waals surface area contributed by atoms with Crippen molar-refractivity contribution in [2.24, 2.45) is 5.92 Å². The zero-order chi connectivity index (χ0) is 30.1. The SMILES string of the molecule is C=C(CCC)C1=C(C)C=C2C/C(=C\C3=CC=C(c4cc(C(=C)C)ccc4C)C3)C(=C)C2C1c1cc(CC)ccc1CC. The van der Waals surface area contributed by atoms with Gasteiger partial charge in [-0.2, -0.15) is 0 Å². The van der Waals surface area contributed by atoms with Crippen LogP contribution in [0.4, 0.5) is 0 Å². The van der Waals surface area contributed by atoms with Gasteiger partial charge in [0.1, 0.15) is 0 Å². The van der Waals surface area contributed by atoms with Crippen LogP contribution in [0.5, 0.6) is 0 Å². The van der Waals surface area contributed by atoms with Crippen LogP contribution in [0.2, 0.25) is 0 Å². The van der Waals surface area contributed by atoms with Gasteiger partial charge < -0.3 is 0 Å². The maximum Gasteiger partial charge on any atom is 0.0203 e. The number of allylic oxidation sites excluding steroid dienone is 13. The summed E-state index contributed by atoms with van der Waals surface area (Å²) in [5.41, 5.74) is 20.4. The highest BCUT2D eigenvalue weighted by molar-refractivity contribution is 5.78. The van der Waals surface area contributed by atoms with E-state index in [0.717, 1.165) is 44.1 Å². The molecule has 0 nitrogen and oxygen atoms in total. The van der Waals surface area contributed by atoms with Gasteiger partial charge in [-0.25, -0.2) is 0 Å². The van der Waals surface area contributed by atoms with Crippen molar-refractivity contribution in [2.45, 2.75) is 86.0 Å². The molecule has 1 saturated carbocycles. The molecule has 0 aromatic heterocycles. The summed E-state index contributed by atoms with van der Waals surface area (Å²) in [6.07, 6.45) is 15.7. The largest absolute Gasteiger partial charge is 0.0955 e. The molecule has 0 N–H and O–H groups in total. The lowest BCUT2D eigenvalue weighted by Gasteiger charge is -2.36. The molecule has 0 heteroatoms.